The molecule has 0 amide bonds. The Bertz CT molecular complexity index is 88.4. The summed E-state index contributed by atoms with van der Waals surface area (Å²) >= 11 is 4.74. The third-order valence-corrected chi connectivity index (χ3v) is 0.882. The zero-order chi connectivity index (χ0) is 9.11. The van der Waals surface area contributed by atoms with Gasteiger partial charge in [0.2, 0.25) is 0 Å². The van der Waals surface area contributed by atoms with Gasteiger partial charge in [-0.1, -0.05) is 12.2 Å². The zero-order valence-corrected chi connectivity index (χ0v) is 12.3. The van der Waals surface area contributed by atoms with Gasteiger partial charge in [0.25, 0.3) is 0 Å². The van der Waals surface area contributed by atoms with Crippen LogP contribution in [-0.4, -0.2) is 25.0 Å². The quantitative estimate of drug-likeness (QED) is 0.504. The Hall–Kier alpha value is 1.48. The van der Waals surface area contributed by atoms with E-state index < -0.39 is 0 Å². The van der Waals surface area contributed by atoms with Crippen molar-refractivity contribution in [3.63, 3.8) is 0 Å². The van der Waals surface area contributed by atoms with E-state index in [2.05, 4.69) is 58.0 Å². The molecule has 0 atom stereocenters. The number of halogens is 2. The van der Waals surface area contributed by atoms with E-state index in [9.17, 15) is 0 Å². The molecule has 11 heavy (non-hydrogen) atoms. The van der Waals surface area contributed by atoms with Crippen LogP contribution in [0.4, 0.5) is 0 Å². The Balaban J connectivity index is 0. The van der Waals surface area contributed by atoms with Gasteiger partial charge in [-0.05, 0) is 7.05 Å². The van der Waals surface area contributed by atoms with Crippen LogP contribution < -0.4 is 0 Å². The van der Waals surface area contributed by atoms with Crippen LogP contribution in [0.2, 0.25) is 0 Å². The van der Waals surface area contributed by atoms with Crippen LogP contribution in [0.1, 0.15) is 0 Å². The van der Waals surface area contributed by atoms with Crippen LogP contribution in [0.3, 0.4) is 0 Å². The molecule has 0 aliphatic rings. The van der Waals surface area contributed by atoms with Crippen molar-refractivity contribution < 1.29 is 9.47 Å². The Morgan fingerprint density at radius 2 is 1.55 bits per heavy atom. The van der Waals surface area contributed by atoms with E-state index in [-0.39, 0.29) is 0 Å². The minimum absolute atomic E-state index is 0.628. The molecular formula is C7H13I2NV. The molecular weight excluding hydrogens is 403 g/mol. The molecule has 0 heterocycles. The van der Waals surface area contributed by atoms with Gasteiger partial charge in [0.05, 0.1) is 0 Å². The Morgan fingerprint density at radius 3 is 1.73 bits per heavy atom. The number of hydrogen-bond acceptors (Lipinski definition) is 1. The molecule has 0 radical (unpaired) electrons. The summed E-state index contributed by atoms with van der Waals surface area (Å²) in [7, 11) is 2.66. The van der Waals surface area contributed by atoms with Gasteiger partial charge in [-0.25, -0.2) is 0 Å². The maximum absolute atomic E-state index is 3.61. The summed E-state index contributed by atoms with van der Waals surface area (Å²) < 4.78 is 0. The summed E-state index contributed by atoms with van der Waals surface area (Å²) in [5, 5.41) is 0. The van der Waals surface area contributed by atoms with Crippen LogP contribution in [0, 0.1) is 0 Å². The Kier molecular flexibility index (Phi) is 19.1. The van der Waals surface area contributed by atoms with E-state index in [1.54, 1.807) is 0 Å². The Labute approximate surface area is 98.5 Å². The molecule has 0 aromatic carbocycles. The van der Waals surface area contributed by atoms with Crippen LogP contribution in [0.5, 0.6) is 0 Å². The van der Waals surface area contributed by atoms with Crippen molar-refractivity contribution in [1.82, 2.24) is 4.90 Å². The second-order valence-electron chi connectivity index (χ2n) is 1.86. The maximum atomic E-state index is 3.61. The predicted molar refractivity (Wildman–Crippen MR) is 65.9 cm³/mol. The first-order valence-electron chi connectivity index (χ1n) is 3.05. The second kappa shape index (κ2) is 14.0. The van der Waals surface area contributed by atoms with Gasteiger partial charge in [0.1, 0.15) is 0 Å². The van der Waals surface area contributed by atoms with Gasteiger partial charge in [0.15, 0.2) is 0 Å². The van der Waals surface area contributed by atoms with Crippen molar-refractivity contribution in [1.29, 1.82) is 0 Å². The fourth-order valence-electron chi connectivity index (χ4n) is 0.515. The van der Waals surface area contributed by atoms with Gasteiger partial charge >= 0.3 is 49.4 Å². The van der Waals surface area contributed by atoms with Crippen LogP contribution in [-0.2, 0) is 9.47 Å². The van der Waals surface area contributed by atoms with Crippen molar-refractivity contribution in [2.45, 2.75) is 0 Å². The summed E-state index contributed by atoms with van der Waals surface area (Å²) in [6.07, 6.45) is 3.76. The van der Waals surface area contributed by atoms with Crippen LogP contribution in [0.15, 0.2) is 25.3 Å². The van der Waals surface area contributed by atoms with Gasteiger partial charge < -0.3 is 0 Å². The molecule has 65 valence electrons. The SMILES string of the molecule is C=CCN(C)CC=C.[I][V][I]. The predicted octanol–water partition coefficient (Wildman–Crippen LogP) is 3.06. The monoisotopic (exact) mass is 416 g/mol. The third-order valence-electron chi connectivity index (χ3n) is 0.882. The van der Waals surface area contributed by atoms with E-state index in [1.807, 2.05) is 19.2 Å². The summed E-state index contributed by atoms with van der Waals surface area (Å²) in [6, 6.07) is 0. The molecule has 0 saturated heterocycles. The summed E-state index contributed by atoms with van der Waals surface area (Å²) in [6.45, 7) is 9.09. The summed E-state index contributed by atoms with van der Waals surface area (Å²) in [5.41, 5.74) is 0. The molecule has 0 saturated carbocycles. The molecule has 0 aliphatic carbocycles. The molecule has 0 spiro atoms. The molecule has 0 fully saturated rings. The second-order valence-corrected chi connectivity index (χ2v) is 13.7. The average Bonchev–Trinajstić information content (AvgIpc) is 1.90. The molecule has 0 rings (SSSR count). The first-order valence-corrected chi connectivity index (χ1v) is 12.1. The summed E-state index contributed by atoms with van der Waals surface area (Å²) in [5.74, 6) is 0. The van der Waals surface area contributed by atoms with Gasteiger partial charge in [-0.2, -0.15) is 0 Å². The fraction of sp³-hybridized carbons (Fsp3) is 0.429. The zero-order valence-electron chi connectivity index (χ0n) is 6.63. The molecule has 0 aromatic rings. The molecule has 0 N–H and O–H groups in total. The molecule has 0 aliphatic heterocycles. The van der Waals surface area contributed by atoms with E-state index in [0.717, 1.165) is 13.1 Å². The van der Waals surface area contributed by atoms with E-state index >= 15 is 0 Å². The Morgan fingerprint density at radius 1 is 1.27 bits per heavy atom. The van der Waals surface area contributed by atoms with Crippen LogP contribution in [0.25, 0.3) is 0 Å². The van der Waals surface area contributed by atoms with Crippen molar-refractivity contribution >= 4 is 40.0 Å². The van der Waals surface area contributed by atoms with Crippen molar-refractivity contribution in [2.75, 3.05) is 20.1 Å². The van der Waals surface area contributed by atoms with Gasteiger partial charge in [-0.15, -0.1) is 13.2 Å². The number of likely N-dealkylation sites (N-methyl/N-ethyl adjacent to an activating group) is 1. The average molecular weight is 416 g/mol. The molecule has 4 heteroatoms. The van der Waals surface area contributed by atoms with Crippen molar-refractivity contribution in [2.24, 2.45) is 0 Å². The molecule has 0 bridgehead atoms. The normalized spacial score (nSPS) is 8.00. The van der Waals surface area contributed by atoms with Crippen molar-refractivity contribution in [3.8, 4) is 0 Å². The van der Waals surface area contributed by atoms with E-state index in [4.69, 9.17) is 0 Å². The van der Waals surface area contributed by atoms with E-state index in [1.165, 1.54) is 0 Å². The fourth-order valence-corrected chi connectivity index (χ4v) is 0.515. The van der Waals surface area contributed by atoms with Gasteiger partial charge in [-0.3, -0.25) is 4.90 Å². The first-order chi connectivity index (χ1) is 5.22. The first kappa shape index (κ1) is 15.0. The third kappa shape index (κ3) is 18.4. The number of rotatable bonds is 4. The topological polar surface area (TPSA) is 3.24 Å². The number of hydrogen-bond donors (Lipinski definition) is 0. The molecule has 0 unspecified atom stereocenters. The molecule has 1 nitrogen and oxygen atoms in total. The van der Waals surface area contributed by atoms with Crippen LogP contribution >= 0.6 is 40.0 Å². The summed E-state index contributed by atoms with van der Waals surface area (Å²) in [4.78, 5) is 2.12. The minimum atomic E-state index is 0.628. The standard InChI is InChI=1S/C7H13N.2HI.V/c1-4-6-8(3)7-5-2;;;/h4-5H,1-2,6-7H2,3H3;2*1H;/q;;;+2/p-2. The van der Waals surface area contributed by atoms with Gasteiger partial charge in [0, 0.05) is 13.1 Å². The van der Waals surface area contributed by atoms with Crippen molar-refractivity contribution in [3.05, 3.63) is 25.3 Å². The van der Waals surface area contributed by atoms with E-state index in [0.29, 0.717) is 9.47 Å². The molecule has 0 aromatic heterocycles. The number of nitrogens with zero attached hydrogens (tertiary/aromatic N) is 1.